The maximum Gasteiger partial charge on any atom is 0.121 e. The highest BCUT2D eigenvalue weighted by molar-refractivity contribution is 5.80. The summed E-state index contributed by atoms with van der Waals surface area (Å²) in [5.74, 6) is 1.17. The molecule has 2 fully saturated rings. The lowest BCUT2D eigenvalue weighted by atomic mass is 10.1. The zero-order valence-electron chi connectivity index (χ0n) is 12.5. The summed E-state index contributed by atoms with van der Waals surface area (Å²) >= 11 is 0. The molecular formula is C17H22N2O3. The van der Waals surface area contributed by atoms with Gasteiger partial charge in [-0.25, -0.2) is 0 Å². The van der Waals surface area contributed by atoms with E-state index in [0.717, 1.165) is 42.6 Å². The Balaban J connectivity index is 1.28. The van der Waals surface area contributed by atoms with E-state index >= 15 is 0 Å². The molecular weight excluding hydrogens is 280 g/mol. The number of hydrogen-bond acceptors (Lipinski definition) is 4. The second-order valence-corrected chi connectivity index (χ2v) is 6.71. The van der Waals surface area contributed by atoms with Gasteiger partial charge in [0.15, 0.2) is 0 Å². The van der Waals surface area contributed by atoms with Crippen LogP contribution in [0.25, 0.3) is 10.9 Å². The molecule has 5 heteroatoms. The van der Waals surface area contributed by atoms with Crippen molar-refractivity contribution in [1.82, 2.24) is 9.88 Å². The van der Waals surface area contributed by atoms with Gasteiger partial charge in [0.1, 0.15) is 18.5 Å². The molecule has 1 aromatic heterocycles. The molecule has 3 atom stereocenters. The van der Waals surface area contributed by atoms with Gasteiger partial charge in [0.05, 0.1) is 5.60 Å². The third-order valence-electron chi connectivity index (χ3n) is 4.98. The number of likely N-dealkylation sites (tertiary alicyclic amines) is 1. The van der Waals surface area contributed by atoms with Gasteiger partial charge in [-0.1, -0.05) is 0 Å². The molecule has 1 aliphatic heterocycles. The Bertz CT molecular complexity index is 671. The average Bonchev–Trinajstić information content (AvgIpc) is 2.95. The van der Waals surface area contributed by atoms with Gasteiger partial charge in [0.2, 0.25) is 0 Å². The fourth-order valence-corrected chi connectivity index (χ4v) is 3.49. The van der Waals surface area contributed by atoms with Crippen molar-refractivity contribution < 1.29 is 14.9 Å². The van der Waals surface area contributed by atoms with Gasteiger partial charge in [-0.2, -0.15) is 0 Å². The maximum absolute atomic E-state index is 10.2. The van der Waals surface area contributed by atoms with Gasteiger partial charge in [0.25, 0.3) is 0 Å². The van der Waals surface area contributed by atoms with E-state index in [9.17, 15) is 10.2 Å². The Morgan fingerprint density at radius 3 is 3.18 bits per heavy atom. The molecule has 0 bridgehead atoms. The number of nitrogens with zero attached hydrogens (tertiary/aromatic N) is 1. The highest BCUT2D eigenvalue weighted by Gasteiger charge is 2.55. The van der Waals surface area contributed by atoms with Crippen LogP contribution in [0.4, 0.5) is 0 Å². The summed E-state index contributed by atoms with van der Waals surface area (Å²) in [7, 11) is 0. The fraction of sp³-hybridized carbons (Fsp3) is 0.529. The predicted octanol–water partition coefficient (Wildman–Crippen LogP) is 1.36. The Labute approximate surface area is 129 Å². The van der Waals surface area contributed by atoms with Crippen molar-refractivity contribution in [2.75, 3.05) is 26.2 Å². The van der Waals surface area contributed by atoms with Crippen molar-refractivity contribution in [3.05, 3.63) is 30.5 Å². The minimum absolute atomic E-state index is 0.289. The topological polar surface area (TPSA) is 68.7 Å². The van der Waals surface area contributed by atoms with Crippen LogP contribution in [-0.4, -0.2) is 58.0 Å². The van der Waals surface area contributed by atoms with Crippen LogP contribution in [0.3, 0.4) is 0 Å². The van der Waals surface area contributed by atoms with Crippen LogP contribution in [-0.2, 0) is 0 Å². The number of aliphatic hydroxyl groups excluding tert-OH is 1. The van der Waals surface area contributed by atoms with E-state index in [2.05, 4.69) is 9.88 Å². The molecule has 5 nitrogen and oxygen atoms in total. The van der Waals surface area contributed by atoms with E-state index in [1.807, 2.05) is 30.5 Å². The van der Waals surface area contributed by atoms with E-state index in [-0.39, 0.29) is 12.2 Å². The van der Waals surface area contributed by atoms with Crippen molar-refractivity contribution in [2.45, 2.75) is 24.5 Å². The third kappa shape index (κ3) is 2.72. The van der Waals surface area contributed by atoms with Crippen LogP contribution in [0.1, 0.15) is 12.8 Å². The smallest absolute Gasteiger partial charge is 0.121 e. The first-order valence-electron chi connectivity index (χ1n) is 7.95. The summed E-state index contributed by atoms with van der Waals surface area (Å²) in [6.07, 6.45) is 3.14. The summed E-state index contributed by atoms with van der Waals surface area (Å²) in [5, 5.41) is 21.3. The molecule has 1 saturated heterocycles. The first-order chi connectivity index (χ1) is 10.6. The molecule has 1 saturated carbocycles. The molecule has 1 unspecified atom stereocenters. The number of hydrogen-bond donors (Lipinski definition) is 3. The quantitative estimate of drug-likeness (QED) is 0.780. The van der Waals surface area contributed by atoms with Crippen LogP contribution >= 0.6 is 0 Å². The Kier molecular flexibility index (Phi) is 3.36. The fourth-order valence-electron chi connectivity index (χ4n) is 3.49. The molecule has 1 aromatic carbocycles. The number of ether oxygens (including phenoxy) is 1. The van der Waals surface area contributed by atoms with Crippen LogP contribution in [0.15, 0.2) is 30.5 Å². The molecule has 0 spiro atoms. The minimum atomic E-state index is -0.510. The van der Waals surface area contributed by atoms with E-state index < -0.39 is 6.10 Å². The highest BCUT2D eigenvalue weighted by atomic mass is 16.5. The number of piperidine rings is 1. The Morgan fingerprint density at radius 2 is 2.32 bits per heavy atom. The normalized spacial score (nSPS) is 29.3. The van der Waals surface area contributed by atoms with Crippen molar-refractivity contribution in [1.29, 1.82) is 0 Å². The molecule has 1 aliphatic carbocycles. The van der Waals surface area contributed by atoms with Crippen LogP contribution in [0, 0.1) is 5.92 Å². The lowest BCUT2D eigenvalue weighted by Crippen LogP contribution is -2.42. The zero-order valence-corrected chi connectivity index (χ0v) is 12.5. The second kappa shape index (κ2) is 5.26. The summed E-state index contributed by atoms with van der Waals surface area (Å²) in [6, 6.07) is 7.90. The Morgan fingerprint density at radius 1 is 1.41 bits per heavy atom. The van der Waals surface area contributed by atoms with Gasteiger partial charge < -0.3 is 24.8 Å². The number of H-pyrrole nitrogens is 1. The van der Waals surface area contributed by atoms with E-state index in [1.54, 1.807) is 0 Å². The largest absolute Gasteiger partial charge is 0.491 e. The van der Waals surface area contributed by atoms with Gasteiger partial charge in [-0.05, 0) is 36.4 Å². The predicted molar refractivity (Wildman–Crippen MR) is 83.9 cm³/mol. The Hall–Kier alpha value is -1.56. The van der Waals surface area contributed by atoms with E-state index in [0.29, 0.717) is 12.5 Å². The van der Waals surface area contributed by atoms with Crippen LogP contribution < -0.4 is 4.74 Å². The molecule has 4 rings (SSSR count). The van der Waals surface area contributed by atoms with Crippen molar-refractivity contribution >= 4 is 10.9 Å². The highest BCUT2D eigenvalue weighted by Crippen LogP contribution is 2.49. The zero-order chi connectivity index (χ0) is 15.2. The standard InChI is InChI=1S/C17H22N2O3/c20-14(10-19-6-4-17(21)8-13(17)9-19)11-22-15-2-1-12-3-5-18-16(12)7-15/h1-3,5,7,13-14,18,20-21H,4,6,8-11H2/t13-,14?,17+/m0/s1. The molecule has 2 heterocycles. The number of aliphatic hydroxyl groups is 2. The lowest BCUT2D eigenvalue weighted by Gasteiger charge is -2.30. The summed E-state index contributed by atoms with van der Waals surface area (Å²) < 4.78 is 5.70. The van der Waals surface area contributed by atoms with Gasteiger partial charge in [-0.15, -0.1) is 0 Å². The number of nitrogens with one attached hydrogen (secondary N) is 1. The SMILES string of the molecule is OC(COc1ccc2cc[nH]c2c1)CN1CC[C@@]2(O)C[C@H]2C1. The number of rotatable bonds is 5. The van der Waals surface area contributed by atoms with Crippen molar-refractivity contribution in [3.8, 4) is 5.75 Å². The second-order valence-electron chi connectivity index (χ2n) is 6.71. The summed E-state index contributed by atoms with van der Waals surface area (Å²) in [5.41, 5.74) is 0.652. The number of aromatic amines is 1. The maximum atomic E-state index is 10.2. The average molecular weight is 302 g/mol. The summed E-state index contributed by atoms with van der Waals surface area (Å²) in [6.45, 7) is 2.65. The number of fused-ring (bicyclic) bond motifs is 2. The molecule has 118 valence electrons. The number of benzene rings is 1. The van der Waals surface area contributed by atoms with Crippen LogP contribution in [0.5, 0.6) is 5.75 Å². The van der Waals surface area contributed by atoms with Crippen molar-refractivity contribution in [2.24, 2.45) is 5.92 Å². The monoisotopic (exact) mass is 302 g/mol. The van der Waals surface area contributed by atoms with Crippen LogP contribution in [0.2, 0.25) is 0 Å². The van der Waals surface area contributed by atoms with Gasteiger partial charge in [-0.3, -0.25) is 0 Å². The van der Waals surface area contributed by atoms with E-state index in [1.165, 1.54) is 0 Å². The first kappa shape index (κ1) is 14.1. The molecule has 3 N–H and O–H groups in total. The molecule has 0 amide bonds. The molecule has 0 radical (unpaired) electrons. The number of aromatic nitrogens is 1. The molecule has 22 heavy (non-hydrogen) atoms. The third-order valence-corrected chi connectivity index (χ3v) is 4.98. The molecule has 2 aliphatic rings. The minimum Gasteiger partial charge on any atom is -0.491 e. The van der Waals surface area contributed by atoms with Crippen molar-refractivity contribution in [3.63, 3.8) is 0 Å². The molecule has 2 aromatic rings. The van der Waals surface area contributed by atoms with Gasteiger partial charge >= 0.3 is 0 Å². The first-order valence-corrected chi connectivity index (χ1v) is 7.95. The lowest BCUT2D eigenvalue weighted by molar-refractivity contribution is 0.0271. The van der Waals surface area contributed by atoms with Gasteiger partial charge in [0, 0.05) is 43.3 Å². The summed E-state index contributed by atoms with van der Waals surface area (Å²) in [4.78, 5) is 5.38. The number of β-amino-alcohol motifs (C(OH)–C–C–N with tert-alkyl or cyclic N) is 1. The van der Waals surface area contributed by atoms with E-state index in [4.69, 9.17) is 4.74 Å².